The van der Waals surface area contributed by atoms with E-state index in [0.717, 1.165) is 38.2 Å². The summed E-state index contributed by atoms with van der Waals surface area (Å²) in [5, 5.41) is 83.8. The van der Waals surface area contributed by atoms with Gasteiger partial charge >= 0.3 is 16.4 Å². The Morgan fingerprint density at radius 1 is 0.900 bits per heavy atom. The average molecular weight is 1020 g/mol. The number of fused-ring (bicyclic) bond motifs is 7. The van der Waals surface area contributed by atoms with Crippen molar-refractivity contribution in [3.05, 3.63) is 23.8 Å². The number of esters is 1. The van der Waals surface area contributed by atoms with E-state index >= 15 is 0 Å². The summed E-state index contributed by atoms with van der Waals surface area (Å²) in [6, 6.07) is 0. The number of aliphatic hydroxyl groups excluding tert-OH is 8. The summed E-state index contributed by atoms with van der Waals surface area (Å²) in [6.45, 7) is 12.2. The van der Waals surface area contributed by atoms with Crippen LogP contribution in [-0.2, 0) is 62.0 Å². The van der Waals surface area contributed by atoms with Gasteiger partial charge in [0.15, 0.2) is 36.9 Å². The molecule has 70 heavy (non-hydrogen) atoms. The van der Waals surface area contributed by atoms with Gasteiger partial charge in [-0.15, -0.1) is 0 Å². The van der Waals surface area contributed by atoms with Gasteiger partial charge in [0.05, 0.1) is 44.2 Å². The molecular formula is C47H74O22S. The molecule has 23 heteroatoms. The van der Waals surface area contributed by atoms with Crippen LogP contribution < -0.4 is 0 Å². The third-order valence-corrected chi connectivity index (χ3v) is 18.1. The van der Waals surface area contributed by atoms with Gasteiger partial charge in [0, 0.05) is 38.2 Å². The number of hydrogen-bond donors (Lipinski definition) is 9. The molecule has 0 aromatic carbocycles. The van der Waals surface area contributed by atoms with Crippen LogP contribution >= 0.6 is 0 Å². The van der Waals surface area contributed by atoms with E-state index in [-0.39, 0.29) is 54.1 Å². The zero-order chi connectivity index (χ0) is 51.0. The summed E-state index contributed by atoms with van der Waals surface area (Å²) in [7, 11) is -3.49. The van der Waals surface area contributed by atoms with Gasteiger partial charge in [0.1, 0.15) is 48.8 Å². The second-order valence-corrected chi connectivity index (χ2v) is 22.5. The molecule has 0 radical (unpaired) electrons. The largest absolute Gasteiger partial charge is 0.457 e. The zero-order valence-electron chi connectivity index (χ0n) is 40.5. The summed E-state index contributed by atoms with van der Waals surface area (Å²) < 4.78 is 93.7. The van der Waals surface area contributed by atoms with Gasteiger partial charge in [0.25, 0.3) is 0 Å². The van der Waals surface area contributed by atoms with Crippen molar-refractivity contribution in [2.75, 3.05) is 26.9 Å². The Morgan fingerprint density at radius 2 is 1.60 bits per heavy atom. The first kappa shape index (κ1) is 54.4. The molecule has 8 aliphatic rings. The second-order valence-electron chi connectivity index (χ2n) is 21.5. The van der Waals surface area contributed by atoms with E-state index in [0.29, 0.717) is 24.8 Å². The van der Waals surface area contributed by atoms with Gasteiger partial charge in [0.2, 0.25) is 0 Å². The fraction of sp³-hybridized carbons (Fsp3) is 0.894. The van der Waals surface area contributed by atoms with Crippen LogP contribution in [0, 0.1) is 40.4 Å². The smallest absolute Gasteiger partial charge is 0.397 e. The van der Waals surface area contributed by atoms with Crippen LogP contribution in [0.5, 0.6) is 0 Å². The van der Waals surface area contributed by atoms with Crippen LogP contribution in [0.1, 0.15) is 86.0 Å². The molecule has 4 aliphatic heterocycles. The molecule has 0 bridgehead atoms. The number of hydrogen-bond acceptors (Lipinski definition) is 21. The quantitative estimate of drug-likeness (QED) is 0.0580. The standard InChI is InChI=1S/C47H74O22S/c1-20(18-61-42-38(55)37(54)35(52)30(17-48)65-42)10-13-47(60-7)21(2)33-29(68-47)16-28-26-9-8-24-14-25(50)15-32(46(24,6)27(26)11-12-45(28,33)5)66-44-41(67-43-39(56)36(53)34(51)22(3)63-43)40(64-23(4)49)31(19-62-44)69-70(57,58)59/h8,21-22,25-44,48,50-56H,1,9-19H2,2-7H3,(H,57,58,59)/t21-,22-,25+,26+,27-,28-,29-,30+,31-,32+,33-,34-,35+,36+,37-,38+,39+,40-,41+,42+,43-,44-,45-,46-,47+/m0/s1. The third kappa shape index (κ3) is 9.94. The van der Waals surface area contributed by atoms with Crippen LogP contribution in [0.25, 0.3) is 0 Å². The van der Waals surface area contributed by atoms with Crippen molar-refractivity contribution in [1.82, 2.24) is 0 Å². The van der Waals surface area contributed by atoms with Crippen LogP contribution in [0.4, 0.5) is 0 Å². The summed E-state index contributed by atoms with van der Waals surface area (Å²) >= 11 is 0. The molecule has 4 saturated heterocycles. The molecule has 25 atom stereocenters. The Bertz CT molecular complexity index is 2020. The van der Waals surface area contributed by atoms with Crippen molar-refractivity contribution in [2.24, 2.45) is 40.4 Å². The number of carbonyl (C=O) groups is 1. The molecule has 4 heterocycles. The van der Waals surface area contributed by atoms with E-state index in [2.05, 4.69) is 33.4 Å². The number of ether oxygens (including phenoxy) is 9. The molecular weight excluding hydrogens is 949 g/mol. The number of aliphatic hydroxyl groups is 8. The minimum Gasteiger partial charge on any atom is -0.457 e. The lowest BCUT2D eigenvalue weighted by molar-refractivity contribution is -0.361. The Labute approximate surface area is 408 Å². The molecule has 9 N–H and O–H groups in total. The molecule has 3 saturated carbocycles. The van der Waals surface area contributed by atoms with Crippen molar-refractivity contribution in [2.45, 2.75) is 196 Å². The maximum atomic E-state index is 12.6. The first-order valence-corrected chi connectivity index (χ1v) is 25.9. The van der Waals surface area contributed by atoms with Crippen molar-refractivity contribution >= 4 is 16.4 Å². The topological polar surface area (TPSA) is 326 Å². The zero-order valence-corrected chi connectivity index (χ0v) is 41.3. The van der Waals surface area contributed by atoms with Crippen LogP contribution in [0.3, 0.4) is 0 Å². The number of rotatable bonds is 15. The SMILES string of the molecule is C=C(CC[C@@]1(OC)O[C@H]2C[C@H]3[C@@H]4CC=C5C[C@@H](O)C[C@@H](O[C@@H]6OC[C@H](OS(=O)(=O)O)[C@H](OC(C)=O)[C@H]6O[C@@H]6O[C@@H](C)[C@H](O)[C@@H](O)[C@H]6O)[C@]5(C)[C@H]4CC[C@]3(C)[C@H]2[C@@H]1C)CO[C@@H]1O[C@H](CO)[C@@H](O)[C@H](O)[C@H]1O. The summed E-state index contributed by atoms with van der Waals surface area (Å²) in [4.78, 5) is 12.6. The van der Waals surface area contributed by atoms with Crippen LogP contribution in [0.15, 0.2) is 23.8 Å². The van der Waals surface area contributed by atoms with Gasteiger partial charge < -0.3 is 83.5 Å². The molecule has 0 aromatic rings. The minimum absolute atomic E-state index is 0.0224. The maximum absolute atomic E-state index is 12.6. The van der Waals surface area contributed by atoms with Crippen molar-refractivity contribution in [1.29, 1.82) is 0 Å². The molecule has 0 aromatic heterocycles. The van der Waals surface area contributed by atoms with Crippen LogP contribution in [-0.4, -0.2) is 197 Å². The fourth-order valence-corrected chi connectivity index (χ4v) is 14.5. The summed E-state index contributed by atoms with van der Waals surface area (Å²) in [5.74, 6) is -1.25. The normalized spacial score (nSPS) is 50.3. The lowest BCUT2D eigenvalue weighted by Gasteiger charge is -2.60. The molecule has 0 unspecified atom stereocenters. The molecule has 22 nitrogen and oxygen atoms in total. The van der Waals surface area contributed by atoms with E-state index in [9.17, 15) is 58.6 Å². The van der Waals surface area contributed by atoms with E-state index in [1.54, 1.807) is 7.11 Å². The molecule has 7 fully saturated rings. The highest BCUT2D eigenvalue weighted by atomic mass is 32.3. The third-order valence-electron chi connectivity index (χ3n) is 17.6. The highest BCUT2D eigenvalue weighted by Crippen LogP contribution is 2.70. The van der Waals surface area contributed by atoms with Gasteiger partial charge in [-0.25, -0.2) is 4.18 Å². The number of carbonyl (C=O) groups excluding carboxylic acids is 1. The van der Waals surface area contributed by atoms with Gasteiger partial charge in [-0.05, 0) is 74.5 Å². The van der Waals surface area contributed by atoms with Crippen molar-refractivity contribution in [3.8, 4) is 0 Å². The predicted octanol–water partition coefficient (Wildman–Crippen LogP) is -0.249. The molecule has 4 aliphatic carbocycles. The Morgan fingerprint density at radius 3 is 2.27 bits per heavy atom. The minimum atomic E-state index is -5.14. The first-order valence-electron chi connectivity index (χ1n) is 24.5. The highest BCUT2D eigenvalue weighted by Gasteiger charge is 2.69. The molecule has 400 valence electrons. The van der Waals surface area contributed by atoms with E-state index in [1.807, 2.05) is 0 Å². The summed E-state index contributed by atoms with van der Waals surface area (Å²) in [6.07, 6.45) is -15.9. The predicted molar refractivity (Wildman–Crippen MR) is 238 cm³/mol. The van der Waals surface area contributed by atoms with E-state index < -0.39 is 139 Å². The number of methoxy groups -OCH3 is 1. The lowest BCUT2D eigenvalue weighted by atomic mass is 9.46. The first-order chi connectivity index (χ1) is 32.9. The van der Waals surface area contributed by atoms with E-state index in [4.69, 9.17) is 46.8 Å². The average Bonchev–Trinajstić information content (AvgIpc) is 3.76. The Kier molecular flexibility index (Phi) is 16.1. The molecule has 0 spiro atoms. The number of allylic oxidation sites excluding steroid dienone is 1. The Hall–Kier alpha value is -1.82. The van der Waals surface area contributed by atoms with Gasteiger partial charge in [-0.2, -0.15) is 8.42 Å². The van der Waals surface area contributed by atoms with E-state index in [1.165, 1.54) is 6.92 Å². The van der Waals surface area contributed by atoms with Gasteiger partial charge in [-0.1, -0.05) is 44.6 Å². The van der Waals surface area contributed by atoms with Crippen molar-refractivity contribution in [3.63, 3.8) is 0 Å². The highest BCUT2D eigenvalue weighted by molar-refractivity contribution is 7.80. The fourth-order valence-electron chi connectivity index (χ4n) is 14.0. The molecule has 0 amide bonds. The second kappa shape index (κ2) is 20.7. The monoisotopic (exact) mass is 1020 g/mol. The summed E-state index contributed by atoms with van der Waals surface area (Å²) in [5.41, 5.74) is 0.857. The Balaban J connectivity index is 0.992. The van der Waals surface area contributed by atoms with Gasteiger partial charge in [-0.3, -0.25) is 9.35 Å². The maximum Gasteiger partial charge on any atom is 0.397 e. The lowest BCUT2D eigenvalue weighted by Crippen LogP contribution is -2.64. The molecule has 8 rings (SSSR count). The van der Waals surface area contributed by atoms with Crippen molar-refractivity contribution < 1.29 is 105 Å². The van der Waals surface area contributed by atoms with Crippen LogP contribution in [0.2, 0.25) is 0 Å².